The molecule has 2 atom stereocenters. The smallest absolute Gasteiger partial charge is 0.258 e. The van der Waals surface area contributed by atoms with Gasteiger partial charge in [-0.25, -0.2) is 0 Å². The summed E-state index contributed by atoms with van der Waals surface area (Å²) in [7, 11) is 0. The predicted molar refractivity (Wildman–Crippen MR) is 45.0 cm³/mol. The van der Waals surface area contributed by atoms with Crippen molar-refractivity contribution < 1.29 is 14.7 Å². The fourth-order valence-corrected chi connectivity index (χ4v) is 2.14. The minimum Gasteiger partial charge on any atom is -0.511 e. The van der Waals surface area contributed by atoms with Crippen molar-refractivity contribution in [3.05, 3.63) is 11.3 Å². The average molecular weight is 181 g/mol. The third-order valence-corrected chi connectivity index (χ3v) is 2.82. The van der Waals surface area contributed by atoms with Crippen LogP contribution >= 0.6 is 0 Å². The van der Waals surface area contributed by atoms with Gasteiger partial charge >= 0.3 is 0 Å². The molecule has 1 aliphatic heterocycles. The number of aliphatic hydroxyl groups is 1. The first-order valence-corrected chi connectivity index (χ1v) is 4.43. The number of carbonyl (C=O) groups is 2. The second kappa shape index (κ2) is 2.87. The Bertz CT molecular complexity index is 295. The van der Waals surface area contributed by atoms with Gasteiger partial charge < -0.3 is 10.4 Å². The molecule has 2 aliphatic rings. The average Bonchev–Trinajstić information content (AvgIpc) is 2.53. The Kier molecular flexibility index (Phi) is 1.83. The zero-order valence-electron chi connectivity index (χ0n) is 7.12. The maximum Gasteiger partial charge on any atom is 0.258 e. The molecule has 1 amide bonds. The molecule has 4 heteroatoms. The summed E-state index contributed by atoms with van der Waals surface area (Å²) < 4.78 is 0. The zero-order chi connectivity index (χ0) is 9.42. The van der Waals surface area contributed by atoms with Crippen molar-refractivity contribution in [2.75, 3.05) is 0 Å². The Morgan fingerprint density at radius 3 is 2.92 bits per heavy atom. The molecule has 0 aromatic rings. The van der Waals surface area contributed by atoms with E-state index in [2.05, 4.69) is 5.32 Å². The van der Waals surface area contributed by atoms with E-state index in [1.807, 2.05) is 0 Å². The maximum absolute atomic E-state index is 11.2. The lowest BCUT2D eigenvalue weighted by atomic mass is 9.93. The van der Waals surface area contributed by atoms with Crippen molar-refractivity contribution in [3.8, 4) is 0 Å². The van der Waals surface area contributed by atoms with Crippen molar-refractivity contribution in [2.24, 2.45) is 5.92 Å². The normalized spacial score (nSPS) is 32.8. The molecule has 1 fully saturated rings. The third kappa shape index (κ3) is 1.13. The minimum atomic E-state index is -0.435. The van der Waals surface area contributed by atoms with Crippen LogP contribution in [0.25, 0.3) is 0 Å². The number of aldehydes is 1. The highest BCUT2D eigenvalue weighted by Gasteiger charge is 2.38. The van der Waals surface area contributed by atoms with Gasteiger partial charge in [0, 0.05) is 12.0 Å². The van der Waals surface area contributed by atoms with Crippen molar-refractivity contribution in [1.82, 2.24) is 5.32 Å². The highest BCUT2D eigenvalue weighted by atomic mass is 16.3. The first-order chi connectivity index (χ1) is 6.24. The molecule has 13 heavy (non-hydrogen) atoms. The number of fused-ring (bicyclic) bond motifs is 1. The summed E-state index contributed by atoms with van der Waals surface area (Å²) in [6.45, 7) is 0. The number of nitrogens with one attached hydrogen (secondary N) is 1. The lowest BCUT2D eigenvalue weighted by molar-refractivity contribution is -0.121. The molecule has 1 heterocycles. The minimum absolute atomic E-state index is 0.0127. The van der Waals surface area contributed by atoms with E-state index in [4.69, 9.17) is 0 Å². The van der Waals surface area contributed by atoms with Gasteiger partial charge in [-0.05, 0) is 12.8 Å². The molecule has 0 aromatic carbocycles. The molecule has 2 unspecified atom stereocenters. The first kappa shape index (κ1) is 8.29. The van der Waals surface area contributed by atoms with Gasteiger partial charge in [0.15, 0.2) is 6.29 Å². The highest BCUT2D eigenvalue weighted by Crippen LogP contribution is 2.34. The van der Waals surface area contributed by atoms with Crippen molar-refractivity contribution in [1.29, 1.82) is 0 Å². The fraction of sp³-hybridized carbons (Fsp3) is 0.556. The summed E-state index contributed by atoms with van der Waals surface area (Å²) in [4.78, 5) is 21.7. The molecule has 2 N–H and O–H groups in total. The van der Waals surface area contributed by atoms with Crippen molar-refractivity contribution in [3.63, 3.8) is 0 Å². The van der Waals surface area contributed by atoms with Crippen LogP contribution in [0.2, 0.25) is 0 Å². The molecular formula is C9H11NO3. The van der Waals surface area contributed by atoms with E-state index in [9.17, 15) is 14.7 Å². The Hall–Kier alpha value is -1.32. The van der Waals surface area contributed by atoms with Crippen LogP contribution in [0.15, 0.2) is 11.3 Å². The van der Waals surface area contributed by atoms with Crippen LogP contribution in [0.1, 0.15) is 19.3 Å². The van der Waals surface area contributed by atoms with Gasteiger partial charge in [-0.1, -0.05) is 6.42 Å². The van der Waals surface area contributed by atoms with Gasteiger partial charge in [0.1, 0.15) is 11.3 Å². The van der Waals surface area contributed by atoms with Crippen molar-refractivity contribution >= 4 is 12.2 Å². The predicted octanol–water partition coefficient (Wildman–Crippen LogP) is 0.296. The topological polar surface area (TPSA) is 66.4 Å². The number of amides is 1. The number of rotatable bonds is 1. The Balaban J connectivity index is 2.38. The second-order valence-electron chi connectivity index (χ2n) is 3.53. The molecule has 0 aromatic heterocycles. The molecule has 0 radical (unpaired) electrons. The zero-order valence-corrected chi connectivity index (χ0v) is 7.12. The SMILES string of the molecule is O=CC1=C(O)C2CCCC2NC1=O. The summed E-state index contributed by atoms with van der Waals surface area (Å²) >= 11 is 0. The van der Waals surface area contributed by atoms with Crippen LogP contribution in [-0.4, -0.2) is 23.3 Å². The van der Waals surface area contributed by atoms with Crippen LogP contribution in [0.3, 0.4) is 0 Å². The van der Waals surface area contributed by atoms with E-state index in [1.54, 1.807) is 0 Å². The molecule has 1 aliphatic carbocycles. The van der Waals surface area contributed by atoms with E-state index in [1.165, 1.54) is 0 Å². The number of carbonyl (C=O) groups excluding carboxylic acids is 2. The van der Waals surface area contributed by atoms with Crippen LogP contribution in [0.4, 0.5) is 0 Å². The number of hydrogen-bond acceptors (Lipinski definition) is 3. The summed E-state index contributed by atoms with van der Waals surface area (Å²) in [6.07, 6.45) is 3.17. The first-order valence-electron chi connectivity index (χ1n) is 4.43. The van der Waals surface area contributed by atoms with Gasteiger partial charge in [0.05, 0.1) is 0 Å². The molecule has 70 valence electrons. The van der Waals surface area contributed by atoms with E-state index < -0.39 is 5.91 Å². The summed E-state index contributed by atoms with van der Waals surface area (Å²) in [6, 6.07) is 0.0381. The molecule has 0 spiro atoms. The summed E-state index contributed by atoms with van der Waals surface area (Å²) in [5.41, 5.74) is -0.0943. The Morgan fingerprint density at radius 2 is 2.23 bits per heavy atom. The van der Waals surface area contributed by atoms with Crippen LogP contribution in [-0.2, 0) is 9.59 Å². The standard InChI is InChI=1S/C9H11NO3/c11-4-6-8(12)5-2-1-3-7(5)10-9(6)13/h4-5,7,12H,1-3H2,(H,10,13). The lowest BCUT2D eigenvalue weighted by Crippen LogP contribution is -2.44. The van der Waals surface area contributed by atoms with E-state index in [0.29, 0.717) is 6.29 Å². The fourth-order valence-electron chi connectivity index (χ4n) is 2.14. The second-order valence-corrected chi connectivity index (χ2v) is 3.53. The van der Waals surface area contributed by atoms with E-state index in [0.717, 1.165) is 19.3 Å². The van der Waals surface area contributed by atoms with Gasteiger partial charge in [-0.15, -0.1) is 0 Å². The third-order valence-electron chi connectivity index (χ3n) is 2.82. The molecule has 0 saturated heterocycles. The lowest BCUT2D eigenvalue weighted by Gasteiger charge is -2.26. The summed E-state index contributed by atoms with van der Waals surface area (Å²) in [5, 5.41) is 12.3. The van der Waals surface area contributed by atoms with Gasteiger partial charge in [0.25, 0.3) is 5.91 Å². The highest BCUT2D eigenvalue weighted by molar-refractivity contribution is 6.11. The van der Waals surface area contributed by atoms with Gasteiger partial charge in [-0.3, -0.25) is 9.59 Å². The number of aliphatic hydroxyl groups excluding tert-OH is 1. The summed E-state index contributed by atoms with van der Waals surface area (Å²) in [5.74, 6) is -0.477. The van der Waals surface area contributed by atoms with Crippen LogP contribution in [0, 0.1) is 5.92 Å². The quantitative estimate of drug-likeness (QED) is 0.451. The van der Waals surface area contributed by atoms with Crippen LogP contribution in [0.5, 0.6) is 0 Å². The maximum atomic E-state index is 11.2. The monoisotopic (exact) mass is 181 g/mol. The molecule has 1 saturated carbocycles. The molecule has 2 rings (SSSR count). The molecule has 0 bridgehead atoms. The van der Waals surface area contributed by atoms with E-state index >= 15 is 0 Å². The van der Waals surface area contributed by atoms with Crippen LogP contribution < -0.4 is 5.32 Å². The number of hydrogen-bond donors (Lipinski definition) is 2. The Morgan fingerprint density at radius 1 is 1.46 bits per heavy atom. The molecule has 4 nitrogen and oxygen atoms in total. The molecular weight excluding hydrogens is 170 g/mol. The van der Waals surface area contributed by atoms with Crippen molar-refractivity contribution in [2.45, 2.75) is 25.3 Å². The Labute approximate surface area is 75.6 Å². The van der Waals surface area contributed by atoms with E-state index in [-0.39, 0.29) is 23.3 Å². The van der Waals surface area contributed by atoms with Gasteiger partial charge in [0.2, 0.25) is 0 Å². The largest absolute Gasteiger partial charge is 0.511 e. The van der Waals surface area contributed by atoms with Gasteiger partial charge in [-0.2, -0.15) is 0 Å².